The minimum Gasteiger partial charge on any atom is -0.354 e. The van der Waals surface area contributed by atoms with Crippen LogP contribution in [0.15, 0.2) is 48.7 Å². The average molecular weight is 394 g/mol. The molecule has 1 atom stereocenters. The molecule has 0 saturated carbocycles. The number of hydrogen-bond donors (Lipinski definition) is 1. The van der Waals surface area contributed by atoms with Gasteiger partial charge in [-0.25, -0.2) is 4.98 Å². The van der Waals surface area contributed by atoms with Crippen molar-refractivity contribution < 1.29 is 4.79 Å². The standard InChI is InChI=1S/C23H31N5O/c1-26-12-14-27(15-13-26)22-16-20(9-10-24-22)17-25-23(29)21-8-5-11-28(21)18-19-6-3-2-4-7-19/h2-4,6-7,9-10,16,21H,5,8,11-15,17-18H2,1H3,(H,25,29). The molecule has 6 heteroatoms. The molecule has 1 N–H and O–H groups in total. The van der Waals surface area contributed by atoms with Gasteiger partial charge in [0, 0.05) is 45.5 Å². The Morgan fingerprint density at radius 3 is 2.66 bits per heavy atom. The maximum atomic E-state index is 12.9. The highest BCUT2D eigenvalue weighted by molar-refractivity contribution is 5.82. The zero-order valence-electron chi connectivity index (χ0n) is 17.3. The van der Waals surface area contributed by atoms with Crippen LogP contribution in [0.4, 0.5) is 5.82 Å². The first kappa shape index (κ1) is 19.9. The second kappa shape index (κ2) is 9.37. The van der Waals surface area contributed by atoms with E-state index >= 15 is 0 Å². The van der Waals surface area contributed by atoms with E-state index in [9.17, 15) is 4.79 Å². The van der Waals surface area contributed by atoms with E-state index in [1.54, 1.807) is 0 Å². The molecule has 2 aliphatic rings. The number of amides is 1. The topological polar surface area (TPSA) is 51.7 Å². The quantitative estimate of drug-likeness (QED) is 0.815. The lowest BCUT2D eigenvalue weighted by Gasteiger charge is -2.33. The summed E-state index contributed by atoms with van der Waals surface area (Å²) in [4.78, 5) is 24.4. The highest BCUT2D eigenvalue weighted by atomic mass is 16.2. The summed E-state index contributed by atoms with van der Waals surface area (Å²) >= 11 is 0. The van der Waals surface area contributed by atoms with E-state index in [1.807, 2.05) is 18.3 Å². The number of anilines is 1. The summed E-state index contributed by atoms with van der Waals surface area (Å²) in [6, 6.07) is 14.5. The fourth-order valence-electron chi connectivity index (χ4n) is 4.22. The fourth-order valence-corrected chi connectivity index (χ4v) is 4.22. The predicted octanol–water partition coefficient (Wildman–Crippen LogP) is 2.11. The lowest BCUT2D eigenvalue weighted by Crippen LogP contribution is -2.45. The Labute approximate surface area is 173 Å². The molecular weight excluding hydrogens is 362 g/mol. The SMILES string of the molecule is CN1CCN(c2cc(CNC(=O)C3CCCN3Cc3ccccc3)ccn2)CC1. The highest BCUT2D eigenvalue weighted by Gasteiger charge is 2.30. The van der Waals surface area contributed by atoms with Gasteiger partial charge in [0.2, 0.25) is 5.91 Å². The number of aromatic nitrogens is 1. The molecule has 2 fully saturated rings. The molecular formula is C23H31N5O. The van der Waals surface area contributed by atoms with Crippen LogP contribution in [0.2, 0.25) is 0 Å². The molecule has 154 valence electrons. The third-order valence-corrected chi connectivity index (χ3v) is 6.00. The van der Waals surface area contributed by atoms with Crippen molar-refractivity contribution in [3.63, 3.8) is 0 Å². The minimum absolute atomic E-state index is 0.0332. The zero-order valence-corrected chi connectivity index (χ0v) is 17.3. The van der Waals surface area contributed by atoms with Crippen molar-refractivity contribution in [1.29, 1.82) is 0 Å². The first-order valence-electron chi connectivity index (χ1n) is 10.6. The largest absolute Gasteiger partial charge is 0.354 e. The van der Waals surface area contributed by atoms with Gasteiger partial charge in [-0.1, -0.05) is 30.3 Å². The van der Waals surface area contributed by atoms with Gasteiger partial charge in [-0.3, -0.25) is 9.69 Å². The van der Waals surface area contributed by atoms with Gasteiger partial charge in [-0.15, -0.1) is 0 Å². The average Bonchev–Trinajstić information content (AvgIpc) is 3.22. The number of nitrogens with zero attached hydrogens (tertiary/aromatic N) is 4. The Bertz CT molecular complexity index is 804. The molecule has 1 aromatic heterocycles. The van der Waals surface area contributed by atoms with Gasteiger partial charge in [0.1, 0.15) is 5.82 Å². The normalized spacial score (nSPS) is 20.7. The Morgan fingerprint density at radius 2 is 1.86 bits per heavy atom. The van der Waals surface area contributed by atoms with E-state index in [1.165, 1.54) is 5.56 Å². The fraction of sp³-hybridized carbons (Fsp3) is 0.478. The monoisotopic (exact) mass is 393 g/mol. The Kier molecular flexibility index (Phi) is 6.42. The Balaban J connectivity index is 1.32. The molecule has 1 unspecified atom stereocenters. The number of pyridine rings is 1. The molecule has 3 heterocycles. The van der Waals surface area contributed by atoms with Crippen LogP contribution in [0.1, 0.15) is 24.0 Å². The summed E-state index contributed by atoms with van der Waals surface area (Å²) in [6.07, 6.45) is 3.86. The minimum atomic E-state index is -0.0332. The molecule has 2 aromatic rings. The molecule has 1 amide bonds. The predicted molar refractivity (Wildman–Crippen MR) is 116 cm³/mol. The van der Waals surface area contributed by atoms with E-state index in [0.717, 1.165) is 63.5 Å². The van der Waals surface area contributed by atoms with Crippen LogP contribution in [0.3, 0.4) is 0 Å². The third-order valence-electron chi connectivity index (χ3n) is 6.00. The number of nitrogens with one attached hydrogen (secondary N) is 1. The number of likely N-dealkylation sites (N-methyl/N-ethyl adjacent to an activating group) is 1. The zero-order chi connectivity index (χ0) is 20.1. The highest BCUT2D eigenvalue weighted by Crippen LogP contribution is 2.21. The summed E-state index contributed by atoms with van der Waals surface area (Å²) in [5.74, 6) is 1.15. The number of rotatable bonds is 6. The van der Waals surface area contributed by atoms with Crippen LogP contribution < -0.4 is 10.2 Å². The number of benzene rings is 1. The van der Waals surface area contributed by atoms with Crippen molar-refractivity contribution in [1.82, 2.24) is 20.1 Å². The van der Waals surface area contributed by atoms with Gasteiger partial charge in [0.25, 0.3) is 0 Å². The van der Waals surface area contributed by atoms with E-state index in [2.05, 4.69) is 62.4 Å². The van der Waals surface area contributed by atoms with Crippen LogP contribution in [0.5, 0.6) is 0 Å². The van der Waals surface area contributed by atoms with Gasteiger partial charge >= 0.3 is 0 Å². The molecule has 0 aliphatic carbocycles. The summed E-state index contributed by atoms with van der Waals surface area (Å²) < 4.78 is 0. The van der Waals surface area contributed by atoms with Crippen LogP contribution in [0, 0.1) is 0 Å². The molecule has 0 radical (unpaired) electrons. The number of piperazine rings is 1. The number of carbonyl (C=O) groups excluding carboxylic acids is 1. The van der Waals surface area contributed by atoms with Crippen molar-refractivity contribution >= 4 is 11.7 Å². The first-order valence-corrected chi connectivity index (χ1v) is 10.6. The van der Waals surface area contributed by atoms with Gasteiger partial charge in [0.15, 0.2) is 0 Å². The summed E-state index contributed by atoms with van der Waals surface area (Å²) in [5, 5.41) is 3.16. The number of carbonyl (C=O) groups is 1. The number of likely N-dealkylation sites (tertiary alicyclic amines) is 1. The van der Waals surface area contributed by atoms with Crippen LogP contribution in [0.25, 0.3) is 0 Å². The summed E-state index contributed by atoms with van der Waals surface area (Å²) in [6.45, 7) is 6.48. The Hall–Kier alpha value is -2.44. The van der Waals surface area contributed by atoms with Crippen molar-refractivity contribution in [2.24, 2.45) is 0 Å². The maximum absolute atomic E-state index is 12.9. The second-order valence-corrected chi connectivity index (χ2v) is 8.14. The van der Waals surface area contributed by atoms with E-state index in [-0.39, 0.29) is 11.9 Å². The van der Waals surface area contributed by atoms with Gasteiger partial charge in [-0.05, 0) is 49.7 Å². The molecule has 0 bridgehead atoms. The molecule has 29 heavy (non-hydrogen) atoms. The lowest BCUT2D eigenvalue weighted by molar-refractivity contribution is -0.125. The number of hydrogen-bond acceptors (Lipinski definition) is 5. The Morgan fingerprint density at radius 1 is 1.07 bits per heavy atom. The summed E-state index contributed by atoms with van der Waals surface area (Å²) in [7, 11) is 2.15. The first-order chi connectivity index (χ1) is 14.2. The van der Waals surface area contributed by atoms with Crippen LogP contribution >= 0.6 is 0 Å². The maximum Gasteiger partial charge on any atom is 0.237 e. The van der Waals surface area contributed by atoms with E-state index < -0.39 is 0 Å². The van der Waals surface area contributed by atoms with Crippen molar-refractivity contribution in [3.8, 4) is 0 Å². The molecule has 6 nitrogen and oxygen atoms in total. The summed E-state index contributed by atoms with van der Waals surface area (Å²) in [5.41, 5.74) is 2.37. The van der Waals surface area contributed by atoms with Crippen LogP contribution in [-0.4, -0.2) is 66.5 Å². The van der Waals surface area contributed by atoms with E-state index in [4.69, 9.17) is 0 Å². The second-order valence-electron chi connectivity index (χ2n) is 8.14. The smallest absolute Gasteiger partial charge is 0.237 e. The third kappa shape index (κ3) is 5.14. The molecule has 2 aliphatic heterocycles. The van der Waals surface area contributed by atoms with Crippen LogP contribution in [-0.2, 0) is 17.9 Å². The molecule has 2 saturated heterocycles. The molecule has 0 spiro atoms. The van der Waals surface area contributed by atoms with Gasteiger partial charge in [-0.2, -0.15) is 0 Å². The van der Waals surface area contributed by atoms with E-state index in [0.29, 0.717) is 6.54 Å². The lowest BCUT2D eigenvalue weighted by atomic mass is 10.1. The van der Waals surface area contributed by atoms with Gasteiger partial charge in [0.05, 0.1) is 6.04 Å². The molecule has 1 aromatic carbocycles. The molecule has 4 rings (SSSR count). The van der Waals surface area contributed by atoms with Crippen molar-refractivity contribution in [2.75, 3.05) is 44.7 Å². The van der Waals surface area contributed by atoms with Gasteiger partial charge < -0.3 is 15.1 Å². The van der Waals surface area contributed by atoms with Crippen molar-refractivity contribution in [2.45, 2.75) is 32.0 Å². The van der Waals surface area contributed by atoms with Crippen molar-refractivity contribution in [3.05, 3.63) is 59.8 Å².